The van der Waals surface area contributed by atoms with Gasteiger partial charge in [-0.1, -0.05) is 26.7 Å². The van der Waals surface area contributed by atoms with Gasteiger partial charge in [0.1, 0.15) is 0 Å². The molecule has 0 amide bonds. The molecule has 0 heterocycles. The van der Waals surface area contributed by atoms with Crippen molar-refractivity contribution >= 4 is 0 Å². The number of hydrogen-bond donors (Lipinski definition) is 1. The second kappa shape index (κ2) is 6.91. The highest BCUT2D eigenvalue weighted by Crippen LogP contribution is 2.33. The first-order valence-electron chi connectivity index (χ1n) is 5.22. The van der Waals surface area contributed by atoms with Crippen LogP contribution in [0.2, 0.25) is 0 Å². The van der Waals surface area contributed by atoms with E-state index in [1.165, 1.54) is 0 Å². The van der Waals surface area contributed by atoms with E-state index in [4.69, 9.17) is 5.26 Å². The Bertz CT molecular complexity index is 156. The molecule has 0 aliphatic carbocycles. The van der Waals surface area contributed by atoms with E-state index in [1.54, 1.807) is 0 Å². The van der Waals surface area contributed by atoms with Crippen molar-refractivity contribution in [1.29, 1.82) is 5.26 Å². The summed E-state index contributed by atoms with van der Waals surface area (Å²) in [4.78, 5) is 0. The fraction of sp³-hybridized carbons (Fsp3) is 0.909. The highest BCUT2D eigenvalue weighted by atomic mass is 16.3. The number of aliphatic hydroxyl groups is 1. The highest BCUT2D eigenvalue weighted by molar-refractivity contribution is 4.82. The van der Waals surface area contributed by atoms with Crippen LogP contribution < -0.4 is 0 Å². The molecule has 0 aromatic rings. The minimum absolute atomic E-state index is 0.0196. The maximum absolute atomic E-state index is 9.32. The SMILES string of the molecule is CCCCC(CC)(CO)CCC#N. The molecule has 1 N–H and O–H groups in total. The summed E-state index contributed by atoms with van der Waals surface area (Å²) in [6.07, 6.45) is 5.76. The van der Waals surface area contributed by atoms with Crippen molar-refractivity contribution in [3.63, 3.8) is 0 Å². The molecule has 13 heavy (non-hydrogen) atoms. The van der Waals surface area contributed by atoms with Gasteiger partial charge in [0.2, 0.25) is 0 Å². The molecular formula is C11H21NO. The summed E-state index contributed by atoms with van der Waals surface area (Å²) in [6.45, 7) is 4.48. The topological polar surface area (TPSA) is 44.0 Å². The molecule has 0 fully saturated rings. The molecule has 0 aromatic heterocycles. The van der Waals surface area contributed by atoms with Crippen molar-refractivity contribution < 1.29 is 5.11 Å². The van der Waals surface area contributed by atoms with Crippen LogP contribution in [0.15, 0.2) is 0 Å². The van der Waals surface area contributed by atoms with E-state index in [-0.39, 0.29) is 12.0 Å². The molecule has 0 saturated carbocycles. The smallest absolute Gasteiger partial charge is 0.0621 e. The lowest BCUT2D eigenvalue weighted by Crippen LogP contribution is -2.24. The molecule has 0 aliphatic heterocycles. The molecule has 0 radical (unpaired) electrons. The summed E-state index contributed by atoms with van der Waals surface area (Å²) in [6, 6.07) is 2.16. The van der Waals surface area contributed by atoms with E-state index in [0.717, 1.165) is 32.1 Å². The lowest BCUT2D eigenvalue weighted by Gasteiger charge is -2.29. The van der Waals surface area contributed by atoms with E-state index < -0.39 is 0 Å². The van der Waals surface area contributed by atoms with Crippen molar-refractivity contribution in [2.24, 2.45) is 5.41 Å². The van der Waals surface area contributed by atoms with Gasteiger partial charge in [0.05, 0.1) is 6.07 Å². The third-order valence-corrected chi connectivity index (χ3v) is 2.91. The van der Waals surface area contributed by atoms with Crippen molar-refractivity contribution in [3.8, 4) is 6.07 Å². The molecule has 2 nitrogen and oxygen atoms in total. The van der Waals surface area contributed by atoms with Gasteiger partial charge < -0.3 is 5.11 Å². The summed E-state index contributed by atoms with van der Waals surface area (Å²) >= 11 is 0. The quantitative estimate of drug-likeness (QED) is 0.659. The second-order valence-electron chi connectivity index (χ2n) is 3.77. The molecule has 0 spiro atoms. The van der Waals surface area contributed by atoms with Crippen molar-refractivity contribution in [3.05, 3.63) is 0 Å². The van der Waals surface area contributed by atoms with Crippen LogP contribution in [-0.4, -0.2) is 11.7 Å². The molecule has 0 aliphatic rings. The molecule has 1 atom stereocenters. The Labute approximate surface area is 81.6 Å². The maximum Gasteiger partial charge on any atom is 0.0621 e. The standard InChI is InChI=1S/C11H21NO/c1-3-5-7-11(4-2,10-13)8-6-9-12/h13H,3-8,10H2,1-2H3. The molecule has 0 rings (SSSR count). The minimum Gasteiger partial charge on any atom is -0.396 e. The van der Waals surface area contributed by atoms with Crippen LogP contribution in [0.4, 0.5) is 0 Å². The predicted molar refractivity (Wildman–Crippen MR) is 54.2 cm³/mol. The van der Waals surface area contributed by atoms with Gasteiger partial charge in [-0.2, -0.15) is 5.26 Å². The maximum atomic E-state index is 9.32. The summed E-state index contributed by atoms with van der Waals surface area (Å²) in [5.74, 6) is 0. The van der Waals surface area contributed by atoms with Crippen LogP contribution in [0, 0.1) is 16.7 Å². The zero-order valence-electron chi connectivity index (χ0n) is 8.84. The van der Waals surface area contributed by atoms with Crippen molar-refractivity contribution in [2.45, 2.75) is 52.4 Å². The Kier molecular flexibility index (Phi) is 6.62. The average molecular weight is 183 g/mol. The van der Waals surface area contributed by atoms with Gasteiger partial charge in [-0.25, -0.2) is 0 Å². The average Bonchev–Trinajstić information content (AvgIpc) is 2.20. The predicted octanol–water partition coefficient (Wildman–Crippen LogP) is 2.87. The van der Waals surface area contributed by atoms with Gasteiger partial charge in [0, 0.05) is 13.0 Å². The van der Waals surface area contributed by atoms with Crippen LogP contribution >= 0.6 is 0 Å². The molecule has 76 valence electrons. The van der Waals surface area contributed by atoms with Crippen LogP contribution in [0.25, 0.3) is 0 Å². The lowest BCUT2D eigenvalue weighted by atomic mass is 9.77. The van der Waals surface area contributed by atoms with E-state index in [1.807, 2.05) is 0 Å². The molecular weight excluding hydrogens is 162 g/mol. The fourth-order valence-electron chi connectivity index (χ4n) is 1.62. The fourth-order valence-corrected chi connectivity index (χ4v) is 1.62. The van der Waals surface area contributed by atoms with Gasteiger partial charge in [-0.15, -0.1) is 0 Å². The second-order valence-corrected chi connectivity index (χ2v) is 3.77. The minimum atomic E-state index is 0.0196. The van der Waals surface area contributed by atoms with Crippen molar-refractivity contribution in [2.75, 3.05) is 6.61 Å². The Hall–Kier alpha value is -0.550. The van der Waals surface area contributed by atoms with E-state index in [0.29, 0.717) is 6.42 Å². The summed E-state index contributed by atoms with van der Waals surface area (Å²) in [5, 5.41) is 17.8. The molecule has 0 saturated heterocycles. The van der Waals surface area contributed by atoms with Crippen LogP contribution in [0.1, 0.15) is 52.4 Å². The molecule has 2 heteroatoms. The van der Waals surface area contributed by atoms with E-state index >= 15 is 0 Å². The zero-order valence-corrected chi connectivity index (χ0v) is 8.84. The van der Waals surface area contributed by atoms with Crippen LogP contribution in [0.5, 0.6) is 0 Å². The molecule has 0 aromatic carbocycles. The van der Waals surface area contributed by atoms with Gasteiger partial charge in [0.15, 0.2) is 0 Å². The Balaban J connectivity index is 4.06. The van der Waals surface area contributed by atoms with Gasteiger partial charge in [0.25, 0.3) is 0 Å². The van der Waals surface area contributed by atoms with E-state index in [2.05, 4.69) is 19.9 Å². The normalized spacial score (nSPS) is 14.9. The van der Waals surface area contributed by atoms with Gasteiger partial charge in [-0.05, 0) is 24.7 Å². The first-order valence-corrected chi connectivity index (χ1v) is 5.22. The Morgan fingerprint density at radius 3 is 2.38 bits per heavy atom. The summed E-state index contributed by atoms with van der Waals surface area (Å²) in [5.41, 5.74) is 0.0196. The van der Waals surface area contributed by atoms with Crippen molar-refractivity contribution in [1.82, 2.24) is 0 Å². The monoisotopic (exact) mass is 183 g/mol. The Morgan fingerprint density at radius 2 is 2.00 bits per heavy atom. The third kappa shape index (κ3) is 4.28. The largest absolute Gasteiger partial charge is 0.396 e. The first kappa shape index (κ1) is 12.4. The van der Waals surface area contributed by atoms with Gasteiger partial charge in [-0.3, -0.25) is 0 Å². The van der Waals surface area contributed by atoms with Gasteiger partial charge >= 0.3 is 0 Å². The number of rotatable bonds is 7. The van der Waals surface area contributed by atoms with Crippen LogP contribution in [0.3, 0.4) is 0 Å². The zero-order chi connectivity index (χ0) is 10.2. The third-order valence-electron chi connectivity index (χ3n) is 2.91. The Morgan fingerprint density at radius 1 is 1.31 bits per heavy atom. The van der Waals surface area contributed by atoms with Crippen LogP contribution in [-0.2, 0) is 0 Å². The number of aliphatic hydroxyl groups excluding tert-OH is 1. The highest BCUT2D eigenvalue weighted by Gasteiger charge is 2.25. The number of unbranched alkanes of at least 4 members (excludes halogenated alkanes) is 1. The summed E-state index contributed by atoms with van der Waals surface area (Å²) < 4.78 is 0. The lowest BCUT2D eigenvalue weighted by molar-refractivity contribution is 0.0990. The number of nitriles is 1. The number of nitrogens with zero attached hydrogens (tertiary/aromatic N) is 1. The van der Waals surface area contributed by atoms with E-state index in [9.17, 15) is 5.11 Å². The first-order chi connectivity index (χ1) is 6.24. The summed E-state index contributed by atoms with van der Waals surface area (Å²) in [7, 11) is 0. The number of hydrogen-bond acceptors (Lipinski definition) is 2. The molecule has 0 bridgehead atoms. The molecule has 1 unspecified atom stereocenters.